The summed E-state index contributed by atoms with van der Waals surface area (Å²) in [5.41, 5.74) is 1.84. The third-order valence-corrected chi connectivity index (χ3v) is 8.12. The first kappa shape index (κ1) is 24.5. The molecule has 1 N–H and O–H groups in total. The molecule has 0 aliphatic rings. The highest BCUT2D eigenvalue weighted by Gasteiger charge is 2.42. The minimum absolute atomic E-state index is 0.000417. The van der Waals surface area contributed by atoms with E-state index in [1.54, 1.807) is 55.7 Å². The number of anilines is 2. The van der Waals surface area contributed by atoms with Crippen LogP contribution in [0.15, 0.2) is 78.0 Å². The Hall–Kier alpha value is -3.16. The molecular formula is C23H26N3O5PS. The second-order valence-electron chi connectivity index (χ2n) is 7.85. The lowest BCUT2D eigenvalue weighted by Gasteiger charge is -2.34. The predicted octanol–water partition coefficient (Wildman–Crippen LogP) is 4.99. The third kappa shape index (κ3) is 5.80. The van der Waals surface area contributed by atoms with Gasteiger partial charge in [0.25, 0.3) is 10.0 Å². The molecule has 0 fully saturated rings. The van der Waals surface area contributed by atoms with Crippen molar-refractivity contribution in [3.8, 4) is 5.75 Å². The van der Waals surface area contributed by atoms with Crippen molar-refractivity contribution in [1.29, 1.82) is 0 Å². The fourth-order valence-corrected chi connectivity index (χ4v) is 5.75. The molecule has 2 aromatic carbocycles. The quantitative estimate of drug-likeness (QED) is 0.317. The van der Waals surface area contributed by atoms with Crippen LogP contribution in [-0.4, -0.2) is 31.8 Å². The van der Waals surface area contributed by atoms with Gasteiger partial charge in [0.2, 0.25) is 0 Å². The van der Waals surface area contributed by atoms with Crippen molar-refractivity contribution >= 4 is 29.1 Å². The Balaban J connectivity index is 1.92. The Morgan fingerprint density at radius 3 is 2.33 bits per heavy atom. The van der Waals surface area contributed by atoms with Gasteiger partial charge >= 0.3 is 7.68 Å². The molecular weight excluding hydrogens is 461 g/mol. The lowest BCUT2D eigenvalue weighted by molar-refractivity contribution is 0.332. The summed E-state index contributed by atoms with van der Waals surface area (Å²) in [6.45, 7) is 5.34. The Morgan fingerprint density at radius 1 is 1.03 bits per heavy atom. The molecule has 0 amide bonds. The van der Waals surface area contributed by atoms with E-state index in [-0.39, 0.29) is 10.6 Å². The van der Waals surface area contributed by atoms with Crippen molar-refractivity contribution in [2.45, 2.75) is 30.9 Å². The monoisotopic (exact) mass is 487 g/mol. The van der Waals surface area contributed by atoms with Crippen molar-refractivity contribution in [1.82, 2.24) is 4.98 Å². The van der Waals surface area contributed by atoms with Crippen LogP contribution in [0.1, 0.15) is 19.4 Å². The Morgan fingerprint density at radius 2 is 1.70 bits per heavy atom. The first-order valence-corrected chi connectivity index (χ1v) is 12.9. The normalized spacial score (nSPS) is 11.6. The Kier molecular flexibility index (Phi) is 7.56. The van der Waals surface area contributed by atoms with Crippen LogP contribution in [0, 0.1) is 6.92 Å². The number of benzene rings is 2. The number of aryl methyl sites for hydroxylation is 1. The molecule has 1 aromatic heterocycles. The summed E-state index contributed by atoms with van der Waals surface area (Å²) in [7, 11) is -7.31. The van der Waals surface area contributed by atoms with Gasteiger partial charge in [-0.25, -0.2) is 21.9 Å². The lowest BCUT2D eigenvalue weighted by atomic mass is 10.2. The van der Waals surface area contributed by atoms with E-state index in [0.29, 0.717) is 18.9 Å². The molecule has 3 aromatic rings. The van der Waals surface area contributed by atoms with E-state index in [4.69, 9.17) is 4.74 Å². The summed E-state index contributed by atoms with van der Waals surface area (Å²) in [5, 5.41) is 1.49. The van der Waals surface area contributed by atoms with Crippen LogP contribution in [0.5, 0.6) is 5.75 Å². The summed E-state index contributed by atoms with van der Waals surface area (Å²) < 4.78 is 58.1. The fraction of sp³-hybridized carbons (Fsp3) is 0.261. The summed E-state index contributed by atoms with van der Waals surface area (Å²) >= 11 is 0. The standard InChI is InChI=1S/C23H26N3O5PS/c1-18-15-20(17-21(16-18)31-14-13-25-19-9-11-24-12-10-19)26(23(2,3)32(27)28)33(29,30)22-7-5-4-6-8-22/h4-12,15-17H,13-14H2,1-3H3,(H,24,25). The van der Waals surface area contributed by atoms with E-state index in [0.717, 1.165) is 15.6 Å². The summed E-state index contributed by atoms with van der Waals surface area (Å²) in [6, 6.07) is 16.4. The highest BCUT2D eigenvalue weighted by Crippen LogP contribution is 2.41. The molecule has 1 heterocycles. The largest absolute Gasteiger partial charge is 0.492 e. The maximum Gasteiger partial charge on any atom is 0.342 e. The van der Waals surface area contributed by atoms with Crippen LogP contribution in [0.25, 0.3) is 0 Å². The molecule has 0 aliphatic carbocycles. The maximum absolute atomic E-state index is 13.5. The van der Waals surface area contributed by atoms with Crippen molar-refractivity contribution in [2.24, 2.45) is 0 Å². The van der Waals surface area contributed by atoms with Gasteiger partial charge in [-0.3, -0.25) is 4.98 Å². The van der Waals surface area contributed by atoms with E-state index in [1.807, 2.05) is 12.1 Å². The second-order valence-corrected chi connectivity index (χ2v) is 11.2. The van der Waals surface area contributed by atoms with Crippen LogP contribution >= 0.6 is 7.68 Å². The molecule has 33 heavy (non-hydrogen) atoms. The van der Waals surface area contributed by atoms with Gasteiger partial charge in [-0.05, 0) is 62.7 Å². The van der Waals surface area contributed by atoms with E-state index in [9.17, 15) is 17.5 Å². The van der Waals surface area contributed by atoms with Gasteiger partial charge in [-0.1, -0.05) is 18.2 Å². The number of pyridine rings is 1. The van der Waals surface area contributed by atoms with Gasteiger partial charge in [-0.2, -0.15) is 0 Å². The molecule has 0 spiro atoms. The van der Waals surface area contributed by atoms with Gasteiger partial charge < -0.3 is 10.1 Å². The van der Waals surface area contributed by atoms with E-state index in [1.165, 1.54) is 26.0 Å². The first-order chi connectivity index (χ1) is 15.6. The zero-order valence-corrected chi connectivity index (χ0v) is 20.3. The van der Waals surface area contributed by atoms with E-state index in [2.05, 4.69) is 10.3 Å². The first-order valence-electron chi connectivity index (χ1n) is 10.3. The van der Waals surface area contributed by atoms with Gasteiger partial charge in [0.1, 0.15) is 12.4 Å². The SMILES string of the molecule is Cc1cc(OCCNc2ccncc2)cc(N(C(C)(C)P(=O)=O)S(=O)(=O)c2ccccc2)c1. The number of hydrogen-bond donors (Lipinski definition) is 1. The smallest absolute Gasteiger partial charge is 0.342 e. The van der Waals surface area contributed by atoms with Crippen LogP contribution in [0.3, 0.4) is 0 Å². The average Bonchev–Trinajstić information content (AvgIpc) is 2.77. The molecule has 10 heteroatoms. The molecule has 0 bridgehead atoms. The minimum atomic E-state index is -4.18. The average molecular weight is 488 g/mol. The zero-order chi connectivity index (χ0) is 24.1. The van der Waals surface area contributed by atoms with Crippen LogP contribution < -0.4 is 14.4 Å². The number of rotatable bonds is 10. The summed E-state index contributed by atoms with van der Waals surface area (Å²) in [5.74, 6) is 0.437. The fourth-order valence-electron chi connectivity index (χ4n) is 3.28. The molecule has 0 aliphatic heterocycles. The van der Waals surface area contributed by atoms with Crippen LogP contribution in [0.4, 0.5) is 11.4 Å². The summed E-state index contributed by atoms with van der Waals surface area (Å²) in [4.78, 5) is 3.96. The molecule has 0 saturated carbocycles. The topological polar surface area (TPSA) is 106 Å². The molecule has 0 saturated heterocycles. The van der Waals surface area contributed by atoms with Gasteiger partial charge in [-0.15, -0.1) is 0 Å². The Bertz CT molecular complexity index is 1260. The maximum atomic E-state index is 13.5. The highest BCUT2D eigenvalue weighted by molar-refractivity contribution is 7.93. The predicted molar refractivity (Wildman–Crippen MR) is 128 cm³/mol. The zero-order valence-electron chi connectivity index (χ0n) is 18.6. The van der Waals surface area contributed by atoms with Crippen molar-refractivity contribution in [3.63, 3.8) is 0 Å². The van der Waals surface area contributed by atoms with Crippen molar-refractivity contribution < 1.29 is 22.3 Å². The number of ether oxygens (including phenoxy) is 1. The van der Waals surface area contributed by atoms with Gasteiger partial charge in [0.15, 0.2) is 5.28 Å². The van der Waals surface area contributed by atoms with Crippen LogP contribution in [-0.2, 0) is 19.2 Å². The minimum Gasteiger partial charge on any atom is -0.492 e. The third-order valence-electron chi connectivity index (χ3n) is 4.88. The molecule has 0 atom stereocenters. The highest BCUT2D eigenvalue weighted by atomic mass is 32.2. The molecule has 0 radical (unpaired) electrons. The number of nitrogens with one attached hydrogen (secondary N) is 1. The van der Waals surface area contributed by atoms with Crippen LogP contribution in [0.2, 0.25) is 0 Å². The number of aromatic nitrogens is 1. The Labute approximate surface area is 194 Å². The number of sulfonamides is 1. The molecule has 0 unspecified atom stereocenters. The molecule has 174 valence electrons. The number of nitrogens with zero attached hydrogens (tertiary/aromatic N) is 2. The van der Waals surface area contributed by atoms with Crippen molar-refractivity contribution in [3.05, 3.63) is 78.6 Å². The summed E-state index contributed by atoms with van der Waals surface area (Å²) in [6.07, 6.45) is 3.36. The van der Waals surface area contributed by atoms with Gasteiger partial charge in [0, 0.05) is 30.7 Å². The second kappa shape index (κ2) is 10.2. The molecule has 3 rings (SSSR count). The van der Waals surface area contributed by atoms with Gasteiger partial charge in [0.05, 0.1) is 10.6 Å². The lowest BCUT2D eigenvalue weighted by Crippen LogP contribution is -2.44. The van der Waals surface area contributed by atoms with Crippen molar-refractivity contribution in [2.75, 3.05) is 22.8 Å². The van der Waals surface area contributed by atoms with E-state index >= 15 is 0 Å². The molecule has 8 nitrogen and oxygen atoms in total. The van der Waals surface area contributed by atoms with E-state index < -0.39 is 23.0 Å². The number of hydrogen-bond acceptors (Lipinski definition) is 7.